The fraction of sp³-hybridized carbons (Fsp3) is 0.348. The van der Waals surface area contributed by atoms with Gasteiger partial charge in [-0.2, -0.15) is 0 Å². The Bertz CT molecular complexity index is 861. The van der Waals surface area contributed by atoms with Gasteiger partial charge >= 0.3 is 5.97 Å². The van der Waals surface area contributed by atoms with E-state index in [-0.39, 0.29) is 18.6 Å². The molecule has 0 aliphatic rings. The van der Waals surface area contributed by atoms with Crippen LogP contribution >= 0.6 is 23.2 Å². The zero-order chi connectivity index (χ0) is 21.9. The summed E-state index contributed by atoms with van der Waals surface area (Å²) in [6, 6.07) is 12.1. The maximum Gasteiger partial charge on any atom is 0.306 e. The van der Waals surface area contributed by atoms with Gasteiger partial charge in [-0.05, 0) is 36.6 Å². The Balaban J connectivity index is 1.72. The first kappa shape index (κ1) is 23.9. The van der Waals surface area contributed by atoms with Crippen molar-refractivity contribution in [3.63, 3.8) is 0 Å². The van der Waals surface area contributed by atoms with E-state index >= 15 is 0 Å². The lowest BCUT2D eigenvalue weighted by molar-refractivity contribution is -0.147. The summed E-state index contributed by atoms with van der Waals surface area (Å²) < 4.78 is 4.93. The Labute approximate surface area is 186 Å². The first-order valence-corrected chi connectivity index (χ1v) is 10.7. The third-order valence-corrected chi connectivity index (χ3v) is 4.85. The van der Waals surface area contributed by atoms with E-state index in [2.05, 4.69) is 12.2 Å². The number of nitrogens with one attached hydrogen (secondary N) is 1. The molecule has 30 heavy (non-hydrogen) atoms. The highest BCUT2D eigenvalue weighted by molar-refractivity contribution is 6.35. The van der Waals surface area contributed by atoms with Gasteiger partial charge in [0.15, 0.2) is 12.4 Å². The fourth-order valence-electron chi connectivity index (χ4n) is 2.84. The highest BCUT2D eigenvalue weighted by Crippen LogP contribution is 2.22. The molecule has 0 saturated carbocycles. The molecule has 0 bridgehead atoms. The molecule has 0 aliphatic carbocycles. The Morgan fingerprint density at radius 1 is 0.933 bits per heavy atom. The second-order valence-electron chi connectivity index (χ2n) is 6.94. The summed E-state index contributed by atoms with van der Waals surface area (Å²) in [6.45, 7) is 1.71. The summed E-state index contributed by atoms with van der Waals surface area (Å²) in [5.74, 6) is -1.27. The third-order valence-electron chi connectivity index (χ3n) is 4.41. The Morgan fingerprint density at radius 3 is 2.23 bits per heavy atom. The molecule has 0 unspecified atom stereocenters. The molecule has 5 nitrogen and oxygen atoms in total. The third kappa shape index (κ3) is 8.56. The number of hydrogen-bond donors (Lipinski definition) is 1. The van der Waals surface area contributed by atoms with Crippen molar-refractivity contribution in [2.45, 2.75) is 45.4 Å². The van der Waals surface area contributed by atoms with Crippen LogP contribution in [0.15, 0.2) is 42.5 Å². The molecule has 1 N–H and O–H groups in total. The largest absolute Gasteiger partial charge is 0.456 e. The minimum absolute atomic E-state index is 0.0273. The first-order valence-electron chi connectivity index (χ1n) is 9.91. The van der Waals surface area contributed by atoms with Gasteiger partial charge in [0.25, 0.3) is 5.91 Å². The van der Waals surface area contributed by atoms with E-state index in [4.69, 9.17) is 27.9 Å². The molecule has 160 valence electrons. The highest BCUT2D eigenvalue weighted by Gasteiger charge is 2.12. The van der Waals surface area contributed by atoms with Crippen molar-refractivity contribution in [1.29, 1.82) is 0 Å². The molecule has 0 aliphatic heterocycles. The van der Waals surface area contributed by atoms with Crippen LogP contribution in [-0.4, -0.2) is 24.3 Å². The first-order chi connectivity index (χ1) is 14.4. The predicted octanol–water partition coefficient (Wildman–Crippen LogP) is 5.87. The van der Waals surface area contributed by atoms with Gasteiger partial charge in [0.2, 0.25) is 0 Å². The summed E-state index contributed by atoms with van der Waals surface area (Å²) in [4.78, 5) is 36.0. The van der Waals surface area contributed by atoms with E-state index in [0.29, 0.717) is 21.3 Å². The van der Waals surface area contributed by atoms with Crippen molar-refractivity contribution < 1.29 is 19.1 Å². The number of ether oxygens (including phenoxy) is 1. The summed E-state index contributed by atoms with van der Waals surface area (Å²) in [6.07, 6.45) is 4.43. The molecule has 0 atom stereocenters. The van der Waals surface area contributed by atoms with Crippen LogP contribution in [0.1, 0.15) is 54.9 Å². The Hall–Kier alpha value is -2.37. The van der Waals surface area contributed by atoms with Crippen LogP contribution in [0.3, 0.4) is 0 Å². The molecule has 0 aromatic heterocycles. The number of amides is 1. The van der Waals surface area contributed by atoms with Crippen LogP contribution in [0.25, 0.3) is 0 Å². The lowest BCUT2D eigenvalue weighted by atomic mass is 10.0. The van der Waals surface area contributed by atoms with E-state index in [1.807, 2.05) is 12.1 Å². The van der Waals surface area contributed by atoms with Gasteiger partial charge in [0, 0.05) is 27.7 Å². The molecule has 7 heteroatoms. The quantitative estimate of drug-likeness (QED) is 0.264. The van der Waals surface area contributed by atoms with Crippen LogP contribution in [0.5, 0.6) is 0 Å². The van der Waals surface area contributed by atoms with Crippen LogP contribution < -0.4 is 5.32 Å². The molecule has 0 fully saturated rings. The molecule has 0 radical (unpaired) electrons. The average Bonchev–Trinajstić information content (AvgIpc) is 2.70. The van der Waals surface area contributed by atoms with Crippen LogP contribution in [0.4, 0.5) is 5.69 Å². The van der Waals surface area contributed by atoms with Crippen molar-refractivity contribution >= 4 is 46.5 Å². The number of esters is 1. The number of carbonyl (C=O) groups excluding carboxylic acids is 3. The normalized spacial score (nSPS) is 10.5. The standard InChI is InChI=1S/C23H25Cl2NO4/c1-2-3-4-5-16-6-8-17(9-7-16)21(27)10-11-23(29)30-15-22(28)26-20-13-18(24)12-19(25)14-20/h6-9,12-14H,2-5,10-11,15H2,1H3,(H,26,28). The van der Waals surface area contributed by atoms with E-state index in [0.717, 1.165) is 12.8 Å². The van der Waals surface area contributed by atoms with Crippen LogP contribution in [0, 0.1) is 0 Å². The minimum Gasteiger partial charge on any atom is -0.456 e. The van der Waals surface area contributed by atoms with E-state index < -0.39 is 18.5 Å². The number of carbonyl (C=O) groups is 3. The number of anilines is 1. The lowest BCUT2D eigenvalue weighted by Crippen LogP contribution is -2.21. The van der Waals surface area contributed by atoms with Gasteiger partial charge in [-0.25, -0.2) is 0 Å². The van der Waals surface area contributed by atoms with Crippen LogP contribution in [-0.2, 0) is 20.7 Å². The highest BCUT2D eigenvalue weighted by atomic mass is 35.5. The summed E-state index contributed by atoms with van der Waals surface area (Å²) >= 11 is 11.7. The fourth-order valence-corrected chi connectivity index (χ4v) is 3.36. The van der Waals surface area contributed by atoms with Crippen LogP contribution in [0.2, 0.25) is 10.0 Å². The number of Topliss-reactive ketones (excluding diaryl/α,β-unsaturated/α-hetero) is 1. The average molecular weight is 450 g/mol. The molecular formula is C23H25Cl2NO4. The van der Waals surface area contributed by atoms with Gasteiger partial charge in [-0.3, -0.25) is 14.4 Å². The SMILES string of the molecule is CCCCCc1ccc(C(=O)CCC(=O)OCC(=O)Nc2cc(Cl)cc(Cl)c2)cc1. The van der Waals surface area contributed by atoms with Gasteiger partial charge in [0.05, 0.1) is 6.42 Å². The Kier molecular flexibility index (Phi) is 9.84. The van der Waals surface area contributed by atoms with Crippen molar-refractivity contribution in [2.75, 3.05) is 11.9 Å². The maximum absolute atomic E-state index is 12.3. The molecule has 2 aromatic carbocycles. The Morgan fingerprint density at radius 2 is 1.60 bits per heavy atom. The lowest BCUT2D eigenvalue weighted by Gasteiger charge is -2.08. The van der Waals surface area contributed by atoms with Crippen molar-refractivity contribution in [1.82, 2.24) is 0 Å². The van der Waals surface area contributed by atoms with Crippen molar-refractivity contribution in [2.24, 2.45) is 0 Å². The molecule has 2 aromatic rings. The van der Waals surface area contributed by atoms with Gasteiger partial charge in [-0.1, -0.05) is 67.2 Å². The molecular weight excluding hydrogens is 425 g/mol. The topological polar surface area (TPSA) is 72.5 Å². The number of unbranched alkanes of at least 4 members (excludes halogenated alkanes) is 2. The monoisotopic (exact) mass is 449 g/mol. The molecule has 1 amide bonds. The number of halogens is 2. The second kappa shape index (κ2) is 12.4. The van der Waals surface area contributed by atoms with Gasteiger partial charge in [-0.15, -0.1) is 0 Å². The molecule has 0 heterocycles. The number of hydrogen-bond acceptors (Lipinski definition) is 4. The maximum atomic E-state index is 12.3. The zero-order valence-electron chi connectivity index (χ0n) is 16.9. The summed E-state index contributed by atoms with van der Waals surface area (Å²) in [5.41, 5.74) is 2.17. The molecule has 0 saturated heterocycles. The minimum atomic E-state index is -0.612. The summed E-state index contributed by atoms with van der Waals surface area (Å²) in [5, 5.41) is 3.30. The van der Waals surface area contributed by atoms with E-state index in [1.165, 1.54) is 36.6 Å². The summed E-state index contributed by atoms with van der Waals surface area (Å²) in [7, 11) is 0. The molecule has 0 spiro atoms. The number of benzene rings is 2. The van der Waals surface area contributed by atoms with Gasteiger partial charge in [0.1, 0.15) is 0 Å². The van der Waals surface area contributed by atoms with E-state index in [9.17, 15) is 14.4 Å². The van der Waals surface area contributed by atoms with Gasteiger partial charge < -0.3 is 10.1 Å². The zero-order valence-corrected chi connectivity index (χ0v) is 18.4. The smallest absolute Gasteiger partial charge is 0.306 e. The number of ketones is 1. The molecule has 2 rings (SSSR count). The van der Waals surface area contributed by atoms with E-state index in [1.54, 1.807) is 12.1 Å². The van der Waals surface area contributed by atoms with Crippen molar-refractivity contribution in [3.8, 4) is 0 Å². The predicted molar refractivity (Wildman–Crippen MR) is 119 cm³/mol. The van der Waals surface area contributed by atoms with Crippen molar-refractivity contribution in [3.05, 3.63) is 63.6 Å². The number of aryl methyl sites for hydroxylation is 1. The second-order valence-corrected chi connectivity index (χ2v) is 7.82. The number of rotatable bonds is 11.